The Labute approximate surface area is 143 Å². The first-order chi connectivity index (χ1) is 11.5. The highest BCUT2D eigenvalue weighted by atomic mass is 32.2. The Morgan fingerprint density at radius 3 is 2.62 bits per heavy atom. The van der Waals surface area contributed by atoms with E-state index in [2.05, 4.69) is 6.07 Å². The van der Waals surface area contributed by atoms with Gasteiger partial charge in [0.1, 0.15) is 5.75 Å². The lowest BCUT2D eigenvalue weighted by Gasteiger charge is -2.32. The van der Waals surface area contributed by atoms with Crippen LogP contribution >= 0.6 is 0 Å². The maximum Gasteiger partial charge on any atom is 0.237 e. The van der Waals surface area contributed by atoms with Gasteiger partial charge in [-0.05, 0) is 36.6 Å². The number of amides is 1. The number of fused-ring (bicyclic) bond motifs is 1. The topological polar surface area (TPSA) is 66.9 Å². The van der Waals surface area contributed by atoms with E-state index in [0.29, 0.717) is 39.3 Å². The van der Waals surface area contributed by atoms with E-state index in [-0.39, 0.29) is 17.4 Å². The van der Waals surface area contributed by atoms with Crippen molar-refractivity contribution >= 4 is 15.7 Å². The van der Waals surface area contributed by atoms with Crippen LogP contribution in [0.3, 0.4) is 0 Å². The number of sulfone groups is 1. The molecule has 2 aliphatic heterocycles. The molecule has 0 unspecified atom stereocenters. The molecule has 0 radical (unpaired) electrons. The summed E-state index contributed by atoms with van der Waals surface area (Å²) in [6.45, 7) is 5.09. The van der Waals surface area contributed by atoms with Crippen molar-refractivity contribution in [3.63, 3.8) is 0 Å². The summed E-state index contributed by atoms with van der Waals surface area (Å²) in [5.74, 6) is 1.22. The van der Waals surface area contributed by atoms with Gasteiger partial charge < -0.3 is 9.64 Å². The van der Waals surface area contributed by atoms with Crippen molar-refractivity contribution in [2.45, 2.75) is 19.9 Å². The van der Waals surface area contributed by atoms with Crippen LogP contribution in [0.25, 0.3) is 0 Å². The highest BCUT2D eigenvalue weighted by Crippen LogP contribution is 2.24. The third-order valence-corrected chi connectivity index (χ3v) is 6.26. The molecule has 2 aliphatic rings. The Balaban J connectivity index is 1.60. The molecule has 0 atom stereocenters. The smallest absolute Gasteiger partial charge is 0.237 e. The second kappa shape index (κ2) is 7.11. The summed E-state index contributed by atoms with van der Waals surface area (Å²) in [5, 5.41) is 0. The molecule has 1 amide bonds. The lowest BCUT2D eigenvalue weighted by atomic mass is 9.99. The molecule has 3 rings (SSSR count). The molecular formula is C17H24N2O4S. The van der Waals surface area contributed by atoms with E-state index < -0.39 is 9.84 Å². The summed E-state index contributed by atoms with van der Waals surface area (Å²) >= 11 is 0. The average Bonchev–Trinajstić information content (AvgIpc) is 2.56. The SMILES string of the molecule is CCOc1ccc2c(c1)CN(C(=O)CN1CCS(=O)(=O)CC1)CC2. The average molecular weight is 352 g/mol. The second-order valence-corrected chi connectivity index (χ2v) is 8.66. The zero-order chi connectivity index (χ0) is 17.2. The zero-order valence-corrected chi connectivity index (χ0v) is 14.8. The van der Waals surface area contributed by atoms with Crippen LogP contribution in [0, 0.1) is 0 Å². The van der Waals surface area contributed by atoms with E-state index in [4.69, 9.17) is 4.74 Å². The quantitative estimate of drug-likeness (QED) is 0.798. The van der Waals surface area contributed by atoms with Crippen LogP contribution in [0.4, 0.5) is 0 Å². The molecular weight excluding hydrogens is 328 g/mol. The number of benzene rings is 1. The number of hydrogen-bond donors (Lipinski definition) is 0. The van der Waals surface area contributed by atoms with Gasteiger partial charge in [-0.25, -0.2) is 8.42 Å². The Hall–Kier alpha value is -1.60. The Morgan fingerprint density at radius 1 is 1.17 bits per heavy atom. The van der Waals surface area contributed by atoms with Crippen LogP contribution < -0.4 is 4.74 Å². The molecule has 2 heterocycles. The number of ether oxygens (including phenoxy) is 1. The molecule has 0 aromatic heterocycles. The summed E-state index contributed by atoms with van der Waals surface area (Å²) in [4.78, 5) is 16.4. The monoisotopic (exact) mass is 352 g/mol. The van der Waals surface area contributed by atoms with Gasteiger partial charge >= 0.3 is 0 Å². The van der Waals surface area contributed by atoms with Crippen molar-refractivity contribution in [2.24, 2.45) is 0 Å². The Bertz CT molecular complexity index is 703. The summed E-state index contributed by atoms with van der Waals surface area (Å²) in [6.07, 6.45) is 0.849. The molecule has 0 bridgehead atoms. The molecule has 24 heavy (non-hydrogen) atoms. The molecule has 132 valence electrons. The second-order valence-electron chi connectivity index (χ2n) is 6.36. The normalized spacial score (nSPS) is 20.5. The van der Waals surface area contributed by atoms with Crippen molar-refractivity contribution in [1.29, 1.82) is 0 Å². The Morgan fingerprint density at radius 2 is 1.92 bits per heavy atom. The first kappa shape index (κ1) is 17.2. The number of hydrogen-bond acceptors (Lipinski definition) is 5. The predicted octanol–water partition coefficient (Wildman–Crippen LogP) is 0.700. The first-order valence-corrected chi connectivity index (χ1v) is 10.2. The van der Waals surface area contributed by atoms with Gasteiger partial charge in [-0.3, -0.25) is 9.69 Å². The van der Waals surface area contributed by atoms with Crippen molar-refractivity contribution in [3.05, 3.63) is 29.3 Å². The summed E-state index contributed by atoms with van der Waals surface area (Å²) in [7, 11) is -2.91. The molecule has 1 saturated heterocycles. The van der Waals surface area contributed by atoms with Gasteiger partial charge in [0.05, 0.1) is 24.7 Å². The van der Waals surface area contributed by atoms with Crippen molar-refractivity contribution in [3.8, 4) is 5.75 Å². The van der Waals surface area contributed by atoms with Gasteiger partial charge in [-0.1, -0.05) is 6.07 Å². The van der Waals surface area contributed by atoms with Crippen molar-refractivity contribution in [2.75, 3.05) is 44.3 Å². The van der Waals surface area contributed by atoms with Crippen LogP contribution in [-0.2, 0) is 27.6 Å². The number of nitrogens with zero attached hydrogens (tertiary/aromatic N) is 2. The van der Waals surface area contributed by atoms with E-state index in [1.54, 1.807) is 0 Å². The van der Waals surface area contributed by atoms with Crippen LogP contribution in [0.1, 0.15) is 18.1 Å². The van der Waals surface area contributed by atoms with Gasteiger partial charge in [0.15, 0.2) is 9.84 Å². The third kappa shape index (κ3) is 4.08. The van der Waals surface area contributed by atoms with E-state index in [1.807, 2.05) is 28.9 Å². The van der Waals surface area contributed by atoms with Gasteiger partial charge in [0.2, 0.25) is 5.91 Å². The Kier molecular flexibility index (Phi) is 5.10. The lowest BCUT2D eigenvalue weighted by Crippen LogP contribution is -2.47. The molecule has 0 spiro atoms. The van der Waals surface area contributed by atoms with E-state index in [0.717, 1.165) is 17.7 Å². The fourth-order valence-electron chi connectivity index (χ4n) is 3.20. The fraction of sp³-hybridized carbons (Fsp3) is 0.588. The number of carbonyl (C=O) groups is 1. The lowest BCUT2D eigenvalue weighted by molar-refractivity contribution is -0.133. The molecule has 7 heteroatoms. The minimum absolute atomic E-state index is 0.0711. The summed E-state index contributed by atoms with van der Waals surface area (Å²) in [6, 6.07) is 6.08. The highest BCUT2D eigenvalue weighted by molar-refractivity contribution is 7.91. The molecule has 1 fully saturated rings. The zero-order valence-electron chi connectivity index (χ0n) is 14.0. The third-order valence-electron chi connectivity index (χ3n) is 4.65. The minimum Gasteiger partial charge on any atom is -0.494 e. The largest absolute Gasteiger partial charge is 0.494 e. The standard InChI is InChI=1S/C17H24N2O4S/c1-2-23-16-4-3-14-5-6-19(12-15(14)11-16)17(20)13-18-7-9-24(21,22)10-8-18/h3-4,11H,2,5-10,12-13H2,1H3. The van der Waals surface area contributed by atoms with Gasteiger partial charge in [-0.2, -0.15) is 0 Å². The van der Waals surface area contributed by atoms with Gasteiger partial charge in [0.25, 0.3) is 0 Å². The first-order valence-electron chi connectivity index (χ1n) is 8.42. The molecule has 0 aliphatic carbocycles. The van der Waals surface area contributed by atoms with Crippen LogP contribution in [0.5, 0.6) is 5.75 Å². The van der Waals surface area contributed by atoms with Gasteiger partial charge in [-0.15, -0.1) is 0 Å². The summed E-state index contributed by atoms with van der Waals surface area (Å²) in [5.41, 5.74) is 2.41. The van der Waals surface area contributed by atoms with Crippen molar-refractivity contribution < 1.29 is 17.9 Å². The molecule has 1 aromatic carbocycles. The molecule has 0 saturated carbocycles. The molecule has 1 aromatic rings. The van der Waals surface area contributed by atoms with Crippen molar-refractivity contribution in [1.82, 2.24) is 9.80 Å². The highest BCUT2D eigenvalue weighted by Gasteiger charge is 2.26. The molecule has 0 N–H and O–H groups in total. The van der Waals surface area contributed by atoms with Crippen LogP contribution in [0.2, 0.25) is 0 Å². The summed E-state index contributed by atoms with van der Waals surface area (Å²) < 4.78 is 28.5. The number of carbonyl (C=O) groups excluding carboxylic acids is 1. The predicted molar refractivity (Wildman–Crippen MR) is 91.8 cm³/mol. The van der Waals surface area contributed by atoms with Crippen LogP contribution in [0.15, 0.2) is 18.2 Å². The van der Waals surface area contributed by atoms with E-state index in [9.17, 15) is 13.2 Å². The minimum atomic E-state index is -2.91. The maximum atomic E-state index is 12.6. The molecule has 6 nitrogen and oxygen atoms in total. The van der Waals surface area contributed by atoms with Gasteiger partial charge in [0, 0.05) is 26.2 Å². The fourth-order valence-corrected chi connectivity index (χ4v) is 4.48. The van der Waals surface area contributed by atoms with E-state index >= 15 is 0 Å². The van der Waals surface area contributed by atoms with E-state index in [1.165, 1.54) is 5.56 Å². The van der Waals surface area contributed by atoms with Crippen LogP contribution in [-0.4, -0.2) is 68.4 Å². The number of rotatable bonds is 4. The maximum absolute atomic E-state index is 12.6.